The Morgan fingerprint density at radius 1 is 1.26 bits per heavy atom. The zero-order valence-corrected chi connectivity index (χ0v) is 12.2. The van der Waals surface area contributed by atoms with Gasteiger partial charge in [0.25, 0.3) is 0 Å². The molecule has 0 saturated carbocycles. The zero-order chi connectivity index (χ0) is 13.5. The molecule has 1 aliphatic heterocycles. The minimum Gasteiger partial charge on any atom is -0.348 e. The maximum atomic E-state index is 5.43. The summed E-state index contributed by atoms with van der Waals surface area (Å²) in [6.45, 7) is 4.19. The molecule has 0 bridgehead atoms. The lowest BCUT2D eigenvalue weighted by Crippen LogP contribution is -2.47. The summed E-state index contributed by atoms with van der Waals surface area (Å²) in [5.41, 5.74) is 7.37. The highest BCUT2D eigenvalue weighted by Crippen LogP contribution is 2.10. The lowest BCUT2D eigenvalue weighted by molar-refractivity contribution is 0.407. The van der Waals surface area contributed by atoms with Crippen molar-refractivity contribution in [1.29, 1.82) is 0 Å². The monoisotopic (exact) mass is 278 g/mol. The van der Waals surface area contributed by atoms with Crippen LogP contribution in [0.1, 0.15) is 44.3 Å². The lowest BCUT2D eigenvalue weighted by atomic mass is 10.2. The van der Waals surface area contributed by atoms with Crippen molar-refractivity contribution in [2.75, 3.05) is 13.1 Å². The molecule has 19 heavy (non-hydrogen) atoms. The van der Waals surface area contributed by atoms with Crippen LogP contribution in [0.2, 0.25) is 0 Å². The summed E-state index contributed by atoms with van der Waals surface area (Å²) in [5.74, 6) is 0. The summed E-state index contributed by atoms with van der Waals surface area (Å²) >= 11 is 5.43. The van der Waals surface area contributed by atoms with Gasteiger partial charge in [-0.3, -0.25) is 10.4 Å². The maximum absolute atomic E-state index is 5.43. The van der Waals surface area contributed by atoms with Gasteiger partial charge in [0.1, 0.15) is 0 Å². The molecule has 1 aromatic heterocycles. The van der Waals surface area contributed by atoms with E-state index >= 15 is 0 Å². The number of pyridine rings is 1. The van der Waals surface area contributed by atoms with E-state index < -0.39 is 0 Å². The molecular formula is C14H22N4S. The van der Waals surface area contributed by atoms with Crippen LogP contribution in [-0.2, 0) is 0 Å². The molecule has 0 amide bonds. The summed E-state index contributed by atoms with van der Waals surface area (Å²) < 4.78 is 0. The molecule has 0 spiro atoms. The van der Waals surface area contributed by atoms with Gasteiger partial charge in [0.2, 0.25) is 0 Å². The molecule has 1 aliphatic rings. The Balaban J connectivity index is 1.79. The first-order valence-corrected chi connectivity index (χ1v) is 7.39. The molecule has 0 aliphatic carbocycles. The van der Waals surface area contributed by atoms with Crippen LogP contribution in [0.15, 0.2) is 24.4 Å². The Hall–Kier alpha value is -1.20. The number of rotatable bonds is 3. The second kappa shape index (κ2) is 7.40. The van der Waals surface area contributed by atoms with E-state index in [0.717, 1.165) is 23.9 Å². The topological polar surface area (TPSA) is 40.2 Å². The number of likely N-dealkylation sites (tertiary alicyclic amines) is 1. The fourth-order valence-corrected chi connectivity index (χ4v) is 2.47. The molecule has 104 valence electrons. The first kappa shape index (κ1) is 14.2. The highest BCUT2D eigenvalue weighted by molar-refractivity contribution is 7.80. The number of nitrogens with zero attached hydrogens (tertiary/aromatic N) is 2. The lowest BCUT2D eigenvalue weighted by Gasteiger charge is -2.25. The quantitative estimate of drug-likeness (QED) is 0.656. The van der Waals surface area contributed by atoms with Crippen molar-refractivity contribution in [3.63, 3.8) is 0 Å². The molecule has 1 aromatic rings. The Kier molecular flexibility index (Phi) is 5.54. The van der Waals surface area contributed by atoms with E-state index in [9.17, 15) is 0 Å². The van der Waals surface area contributed by atoms with Crippen LogP contribution in [0.3, 0.4) is 0 Å². The molecule has 2 rings (SSSR count). The number of hydrogen-bond donors (Lipinski definition) is 2. The number of hydrogen-bond acceptors (Lipinski definition) is 3. The van der Waals surface area contributed by atoms with E-state index in [1.165, 1.54) is 25.7 Å². The van der Waals surface area contributed by atoms with Crippen LogP contribution in [0.5, 0.6) is 0 Å². The van der Waals surface area contributed by atoms with Gasteiger partial charge in [-0.15, -0.1) is 0 Å². The Morgan fingerprint density at radius 2 is 2.00 bits per heavy atom. The van der Waals surface area contributed by atoms with Crippen molar-refractivity contribution in [3.05, 3.63) is 30.1 Å². The SMILES string of the molecule is C[C@@H](NNC(=S)N1CCCCCC1)c1ccccn1. The van der Waals surface area contributed by atoms with Crippen LogP contribution in [0, 0.1) is 0 Å². The summed E-state index contributed by atoms with van der Waals surface area (Å²) in [6.07, 6.45) is 6.91. The average Bonchev–Trinajstić information content (AvgIpc) is 2.74. The van der Waals surface area contributed by atoms with Crippen molar-refractivity contribution in [1.82, 2.24) is 20.7 Å². The van der Waals surface area contributed by atoms with Gasteiger partial charge in [0.15, 0.2) is 5.11 Å². The molecule has 1 atom stereocenters. The molecule has 0 unspecified atom stereocenters. The third kappa shape index (κ3) is 4.44. The highest BCUT2D eigenvalue weighted by atomic mass is 32.1. The largest absolute Gasteiger partial charge is 0.348 e. The normalized spacial score (nSPS) is 17.6. The second-order valence-corrected chi connectivity index (χ2v) is 5.34. The molecular weight excluding hydrogens is 256 g/mol. The van der Waals surface area contributed by atoms with E-state index in [1.807, 2.05) is 18.2 Å². The smallest absolute Gasteiger partial charge is 0.183 e. The van der Waals surface area contributed by atoms with Gasteiger partial charge in [0.05, 0.1) is 11.7 Å². The average molecular weight is 278 g/mol. The van der Waals surface area contributed by atoms with Gasteiger partial charge < -0.3 is 4.90 Å². The number of thiocarbonyl (C=S) groups is 1. The summed E-state index contributed by atoms with van der Waals surface area (Å²) in [5, 5.41) is 0.796. The molecule has 0 aromatic carbocycles. The van der Waals surface area contributed by atoms with Crippen molar-refractivity contribution in [3.8, 4) is 0 Å². The molecule has 1 fully saturated rings. The molecule has 2 N–H and O–H groups in total. The third-order valence-electron chi connectivity index (χ3n) is 3.42. The first-order valence-electron chi connectivity index (χ1n) is 6.99. The van der Waals surface area contributed by atoms with Gasteiger partial charge in [-0.25, -0.2) is 5.43 Å². The predicted molar refractivity (Wildman–Crippen MR) is 81.6 cm³/mol. The predicted octanol–water partition coefficient (Wildman–Crippen LogP) is 2.40. The zero-order valence-electron chi connectivity index (χ0n) is 11.4. The molecule has 2 heterocycles. The van der Waals surface area contributed by atoms with Gasteiger partial charge in [0, 0.05) is 19.3 Å². The number of nitrogens with one attached hydrogen (secondary N) is 2. The van der Waals surface area contributed by atoms with Crippen LogP contribution in [0.4, 0.5) is 0 Å². The van der Waals surface area contributed by atoms with E-state index in [1.54, 1.807) is 6.20 Å². The van der Waals surface area contributed by atoms with Gasteiger partial charge in [-0.05, 0) is 44.1 Å². The standard InChI is InChI=1S/C14H22N4S/c1-12(13-8-4-5-9-15-13)16-17-14(19)18-10-6-2-3-7-11-18/h4-5,8-9,12,16H,2-3,6-7,10-11H2,1H3,(H,17,19)/t12-/m1/s1. The Labute approximate surface area is 120 Å². The molecule has 4 nitrogen and oxygen atoms in total. The van der Waals surface area contributed by atoms with Crippen molar-refractivity contribution in [2.24, 2.45) is 0 Å². The molecule has 1 saturated heterocycles. The van der Waals surface area contributed by atoms with Gasteiger partial charge in [-0.2, -0.15) is 0 Å². The molecule has 5 heteroatoms. The summed E-state index contributed by atoms with van der Waals surface area (Å²) in [6, 6.07) is 6.05. The first-order chi connectivity index (χ1) is 9.27. The van der Waals surface area contributed by atoms with Crippen LogP contribution in [0.25, 0.3) is 0 Å². The van der Waals surface area contributed by atoms with E-state index in [2.05, 4.69) is 27.7 Å². The van der Waals surface area contributed by atoms with Crippen LogP contribution < -0.4 is 10.9 Å². The van der Waals surface area contributed by atoms with Crippen molar-refractivity contribution in [2.45, 2.75) is 38.6 Å². The minimum atomic E-state index is 0.131. The Morgan fingerprint density at radius 3 is 2.63 bits per heavy atom. The van der Waals surface area contributed by atoms with E-state index in [-0.39, 0.29) is 6.04 Å². The number of aromatic nitrogens is 1. The minimum absolute atomic E-state index is 0.131. The second-order valence-electron chi connectivity index (χ2n) is 4.95. The Bertz CT molecular complexity index is 388. The fraction of sp³-hybridized carbons (Fsp3) is 0.571. The third-order valence-corrected chi connectivity index (χ3v) is 3.78. The van der Waals surface area contributed by atoms with E-state index in [4.69, 9.17) is 12.2 Å². The highest BCUT2D eigenvalue weighted by Gasteiger charge is 2.13. The van der Waals surface area contributed by atoms with Crippen molar-refractivity contribution >= 4 is 17.3 Å². The van der Waals surface area contributed by atoms with Gasteiger partial charge >= 0.3 is 0 Å². The fourth-order valence-electron chi connectivity index (χ4n) is 2.23. The maximum Gasteiger partial charge on any atom is 0.183 e. The summed E-state index contributed by atoms with van der Waals surface area (Å²) in [7, 11) is 0. The van der Waals surface area contributed by atoms with Crippen LogP contribution in [-0.4, -0.2) is 28.1 Å². The summed E-state index contributed by atoms with van der Waals surface area (Å²) in [4.78, 5) is 6.58. The molecule has 0 radical (unpaired) electrons. The van der Waals surface area contributed by atoms with Gasteiger partial charge in [-0.1, -0.05) is 18.9 Å². The van der Waals surface area contributed by atoms with Crippen molar-refractivity contribution < 1.29 is 0 Å². The van der Waals surface area contributed by atoms with E-state index in [0.29, 0.717) is 0 Å². The van der Waals surface area contributed by atoms with Crippen LogP contribution >= 0.6 is 12.2 Å². The number of hydrazine groups is 1.